The summed E-state index contributed by atoms with van der Waals surface area (Å²) in [6.45, 7) is 1.36. The highest BCUT2D eigenvalue weighted by Gasteiger charge is 2.05. The second kappa shape index (κ2) is 8.58. The summed E-state index contributed by atoms with van der Waals surface area (Å²) in [7, 11) is 0. The topological polar surface area (TPSA) is 58.7 Å². The van der Waals surface area contributed by atoms with Crippen LogP contribution >= 0.6 is 0 Å². The van der Waals surface area contributed by atoms with Gasteiger partial charge in [-0.25, -0.2) is 0 Å². The van der Waals surface area contributed by atoms with E-state index < -0.39 is 4.92 Å². The van der Waals surface area contributed by atoms with Crippen molar-refractivity contribution in [3.8, 4) is 0 Å². The van der Waals surface area contributed by atoms with Crippen LogP contribution < -0.4 is 0 Å². The monoisotopic (exact) mass is 345 g/mol. The van der Waals surface area contributed by atoms with E-state index in [-0.39, 0.29) is 5.69 Å². The smallest absolute Gasteiger partial charge is 0.269 e. The Morgan fingerprint density at radius 3 is 1.77 bits per heavy atom. The molecule has 0 radical (unpaired) electrons. The first-order chi connectivity index (χ1) is 12.7. The van der Waals surface area contributed by atoms with Crippen LogP contribution in [0.5, 0.6) is 0 Å². The lowest BCUT2D eigenvalue weighted by Gasteiger charge is -2.19. The molecule has 3 rings (SSSR count). The number of nitrogens with zero attached hydrogens (tertiary/aromatic N) is 3. The van der Waals surface area contributed by atoms with E-state index in [2.05, 4.69) is 29.4 Å². The molecule has 0 heterocycles. The van der Waals surface area contributed by atoms with Gasteiger partial charge in [0.15, 0.2) is 0 Å². The van der Waals surface area contributed by atoms with Crippen LogP contribution in [0.1, 0.15) is 16.7 Å². The van der Waals surface area contributed by atoms with Crippen LogP contribution in [0.4, 0.5) is 5.69 Å². The van der Waals surface area contributed by atoms with Crippen LogP contribution in [0.15, 0.2) is 90.0 Å². The van der Waals surface area contributed by atoms with Crippen molar-refractivity contribution in [1.29, 1.82) is 0 Å². The van der Waals surface area contributed by atoms with Gasteiger partial charge in [0.05, 0.1) is 24.2 Å². The number of nitro benzene ring substituents is 1. The lowest BCUT2D eigenvalue weighted by atomic mass is 10.2. The summed E-state index contributed by atoms with van der Waals surface area (Å²) in [4.78, 5) is 10.3. The first-order valence-electron chi connectivity index (χ1n) is 8.32. The molecule has 0 aliphatic heterocycles. The Kier molecular flexibility index (Phi) is 5.72. The second-order valence-corrected chi connectivity index (χ2v) is 5.89. The van der Waals surface area contributed by atoms with Crippen molar-refractivity contribution in [2.45, 2.75) is 13.1 Å². The molecule has 0 aromatic heterocycles. The minimum atomic E-state index is -0.405. The summed E-state index contributed by atoms with van der Waals surface area (Å²) in [6.07, 6.45) is 1.73. The van der Waals surface area contributed by atoms with Crippen molar-refractivity contribution in [1.82, 2.24) is 5.01 Å². The Hall–Kier alpha value is -3.47. The molecule has 0 aliphatic carbocycles. The molecule has 0 spiro atoms. The van der Waals surface area contributed by atoms with Crippen molar-refractivity contribution in [2.75, 3.05) is 0 Å². The van der Waals surface area contributed by atoms with Gasteiger partial charge in [0.1, 0.15) is 0 Å². The van der Waals surface area contributed by atoms with Crippen molar-refractivity contribution >= 4 is 11.9 Å². The largest absolute Gasteiger partial charge is 0.288 e. The van der Waals surface area contributed by atoms with E-state index in [0.717, 1.165) is 5.56 Å². The first-order valence-corrected chi connectivity index (χ1v) is 8.32. The molecule has 0 amide bonds. The number of nitro groups is 1. The SMILES string of the molecule is O=[N+]([O-])c1ccc(/C=N\N(Cc2ccccc2)Cc2ccccc2)cc1. The molecule has 0 unspecified atom stereocenters. The third-order valence-corrected chi connectivity index (χ3v) is 3.89. The average Bonchev–Trinajstić information content (AvgIpc) is 2.68. The highest BCUT2D eigenvalue weighted by molar-refractivity contribution is 5.79. The predicted molar refractivity (Wildman–Crippen MR) is 103 cm³/mol. The fourth-order valence-electron chi connectivity index (χ4n) is 2.56. The van der Waals surface area contributed by atoms with Crippen molar-refractivity contribution in [3.05, 3.63) is 112 Å². The van der Waals surface area contributed by atoms with E-state index >= 15 is 0 Å². The molecule has 5 heteroatoms. The number of hydrogen-bond donors (Lipinski definition) is 0. The van der Waals surface area contributed by atoms with Gasteiger partial charge in [-0.3, -0.25) is 15.1 Å². The Morgan fingerprint density at radius 1 is 0.808 bits per heavy atom. The summed E-state index contributed by atoms with van der Waals surface area (Å²) in [5.41, 5.74) is 3.24. The molecule has 0 saturated carbocycles. The van der Waals surface area contributed by atoms with Crippen molar-refractivity contribution < 1.29 is 4.92 Å². The quantitative estimate of drug-likeness (QED) is 0.356. The predicted octanol–water partition coefficient (Wildman–Crippen LogP) is 4.63. The summed E-state index contributed by atoms with van der Waals surface area (Å²) in [5.74, 6) is 0. The zero-order valence-corrected chi connectivity index (χ0v) is 14.2. The molecule has 0 saturated heterocycles. The number of rotatable bonds is 7. The van der Waals surface area contributed by atoms with E-state index in [1.165, 1.54) is 23.3 Å². The second-order valence-electron chi connectivity index (χ2n) is 5.89. The van der Waals surface area contributed by atoms with Gasteiger partial charge in [-0.15, -0.1) is 0 Å². The van der Waals surface area contributed by atoms with Gasteiger partial charge >= 0.3 is 0 Å². The van der Waals surface area contributed by atoms with Gasteiger partial charge in [0.2, 0.25) is 0 Å². The molecule has 0 aliphatic rings. The van der Waals surface area contributed by atoms with Crippen LogP contribution in [0, 0.1) is 10.1 Å². The van der Waals surface area contributed by atoms with Crippen molar-refractivity contribution in [2.24, 2.45) is 5.10 Å². The van der Waals surface area contributed by atoms with Crippen LogP contribution in [-0.4, -0.2) is 16.1 Å². The molecule has 0 N–H and O–H groups in total. The van der Waals surface area contributed by atoms with Gasteiger partial charge in [-0.1, -0.05) is 60.7 Å². The standard InChI is InChI=1S/C21H19N3O2/c25-24(26)21-13-11-18(12-14-21)15-22-23(16-19-7-3-1-4-8-19)17-20-9-5-2-6-10-20/h1-15H,16-17H2/b22-15-. The Labute approximate surface area is 152 Å². The summed E-state index contributed by atoms with van der Waals surface area (Å²) in [5, 5.41) is 17.3. The maximum absolute atomic E-state index is 10.7. The molecule has 26 heavy (non-hydrogen) atoms. The van der Waals surface area contributed by atoms with Crippen LogP contribution in [-0.2, 0) is 13.1 Å². The summed E-state index contributed by atoms with van der Waals surface area (Å²) < 4.78 is 0. The molecule has 0 atom stereocenters. The fourth-order valence-corrected chi connectivity index (χ4v) is 2.56. The van der Waals surface area contributed by atoms with Gasteiger partial charge in [0, 0.05) is 12.1 Å². The molecular formula is C21H19N3O2. The van der Waals surface area contributed by atoms with E-state index in [4.69, 9.17) is 0 Å². The lowest BCUT2D eigenvalue weighted by molar-refractivity contribution is -0.384. The first kappa shape index (κ1) is 17.4. The van der Waals surface area contributed by atoms with Gasteiger partial charge < -0.3 is 0 Å². The Morgan fingerprint density at radius 2 is 1.31 bits per heavy atom. The molecular weight excluding hydrogens is 326 g/mol. The minimum Gasteiger partial charge on any atom is -0.288 e. The van der Waals surface area contributed by atoms with Crippen LogP contribution in [0.3, 0.4) is 0 Å². The Balaban J connectivity index is 1.76. The number of hydrazone groups is 1. The zero-order valence-electron chi connectivity index (χ0n) is 14.2. The maximum atomic E-state index is 10.7. The molecule has 130 valence electrons. The van der Waals surface area contributed by atoms with E-state index in [9.17, 15) is 10.1 Å². The van der Waals surface area contributed by atoms with Crippen LogP contribution in [0.2, 0.25) is 0 Å². The zero-order chi connectivity index (χ0) is 18.2. The normalized spacial score (nSPS) is 10.8. The average molecular weight is 345 g/mol. The molecule has 0 fully saturated rings. The van der Waals surface area contributed by atoms with E-state index in [0.29, 0.717) is 13.1 Å². The Bertz CT molecular complexity index is 821. The van der Waals surface area contributed by atoms with Gasteiger partial charge in [0.25, 0.3) is 5.69 Å². The molecule has 3 aromatic carbocycles. The fraction of sp³-hybridized carbons (Fsp3) is 0.0952. The highest BCUT2D eigenvalue weighted by Crippen LogP contribution is 2.13. The number of benzene rings is 3. The molecule has 0 bridgehead atoms. The van der Waals surface area contributed by atoms with Gasteiger partial charge in [-0.2, -0.15) is 5.10 Å². The third-order valence-electron chi connectivity index (χ3n) is 3.89. The van der Waals surface area contributed by atoms with Crippen LogP contribution in [0.25, 0.3) is 0 Å². The third kappa shape index (κ3) is 5.01. The van der Waals surface area contributed by atoms with Crippen molar-refractivity contribution in [3.63, 3.8) is 0 Å². The summed E-state index contributed by atoms with van der Waals surface area (Å²) in [6, 6.07) is 26.7. The molecule has 5 nitrogen and oxygen atoms in total. The minimum absolute atomic E-state index is 0.0765. The summed E-state index contributed by atoms with van der Waals surface area (Å²) >= 11 is 0. The van der Waals surface area contributed by atoms with E-state index in [1.807, 2.05) is 41.4 Å². The molecule has 3 aromatic rings. The van der Waals surface area contributed by atoms with E-state index in [1.54, 1.807) is 18.3 Å². The maximum Gasteiger partial charge on any atom is 0.269 e. The lowest BCUT2D eigenvalue weighted by Crippen LogP contribution is -2.17. The number of hydrogen-bond acceptors (Lipinski definition) is 4. The van der Waals surface area contributed by atoms with Gasteiger partial charge in [-0.05, 0) is 28.8 Å². The number of non-ortho nitro benzene ring substituents is 1. The highest BCUT2D eigenvalue weighted by atomic mass is 16.6.